The molecule has 1 aliphatic heterocycles. The topological polar surface area (TPSA) is 108 Å². The van der Waals surface area contributed by atoms with Crippen molar-refractivity contribution in [3.63, 3.8) is 0 Å². The van der Waals surface area contributed by atoms with Gasteiger partial charge in [-0.1, -0.05) is 16.7 Å². The molecule has 3 aromatic heterocycles. The Labute approximate surface area is 194 Å². The lowest BCUT2D eigenvalue weighted by molar-refractivity contribution is 0.102. The normalized spacial score (nSPS) is 17.9. The highest BCUT2D eigenvalue weighted by atomic mass is 35.5. The first-order valence-corrected chi connectivity index (χ1v) is 11.2. The average molecular weight is 476 g/mol. The molecule has 0 radical (unpaired) electrons. The summed E-state index contributed by atoms with van der Waals surface area (Å²) in [6.07, 6.45) is 4.22. The van der Waals surface area contributed by atoms with Crippen LogP contribution in [0, 0.1) is 12.8 Å². The third kappa shape index (κ3) is 5.14. The summed E-state index contributed by atoms with van der Waals surface area (Å²) in [5.74, 6) is 0.435. The van der Waals surface area contributed by atoms with Crippen molar-refractivity contribution in [2.75, 3.05) is 25.6 Å². The Kier molecular flexibility index (Phi) is 6.83. The molecule has 3 aromatic rings. The van der Waals surface area contributed by atoms with E-state index in [4.69, 9.17) is 25.8 Å². The first-order chi connectivity index (χ1) is 15.4. The summed E-state index contributed by atoms with van der Waals surface area (Å²) < 4.78 is 16.7. The van der Waals surface area contributed by atoms with Gasteiger partial charge < -0.3 is 14.2 Å². The zero-order valence-corrected chi connectivity index (χ0v) is 19.4. The van der Waals surface area contributed by atoms with Crippen LogP contribution in [0.4, 0.5) is 5.13 Å². The summed E-state index contributed by atoms with van der Waals surface area (Å²) in [6, 6.07) is 3.44. The summed E-state index contributed by atoms with van der Waals surface area (Å²) in [5, 5.41) is 11.8. The van der Waals surface area contributed by atoms with Crippen LogP contribution in [0.3, 0.4) is 0 Å². The molecular weight excluding hydrogens is 454 g/mol. The van der Waals surface area contributed by atoms with E-state index in [1.807, 2.05) is 13.8 Å². The fraction of sp³-hybridized carbons (Fsp3) is 0.381. The Balaban J connectivity index is 1.51. The largest absolute Gasteiger partial charge is 0.494 e. The Morgan fingerprint density at radius 2 is 2.12 bits per heavy atom. The first-order valence-electron chi connectivity index (χ1n) is 9.98. The molecule has 4 heterocycles. The first kappa shape index (κ1) is 22.4. The van der Waals surface area contributed by atoms with Crippen LogP contribution >= 0.6 is 22.9 Å². The van der Waals surface area contributed by atoms with Crippen molar-refractivity contribution >= 4 is 34.0 Å². The minimum atomic E-state index is -0.386. The number of aromatic nitrogens is 4. The Hall–Kier alpha value is -2.82. The number of hydrogen-bond acceptors (Lipinski definition) is 9. The predicted molar refractivity (Wildman–Crippen MR) is 121 cm³/mol. The average Bonchev–Trinajstić information content (AvgIpc) is 3.40. The summed E-state index contributed by atoms with van der Waals surface area (Å²) in [6.45, 7) is 5.06. The number of hydrogen-bond donors (Lipinski definition) is 1. The van der Waals surface area contributed by atoms with Gasteiger partial charge in [-0.05, 0) is 43.7 Å². The van der Waals surface area contributed by atoms with E-state index >= 15 is 0 Å². The maximum absolute atomic E-state index is 13.1. The number of ether oxygens (including phenoxy) is 3. The van der Waals surface area contributed by atoms with E-state index in [2.05, 4.69) is 25.5 Å². The van der Waals surface area contributed by atoms with Gasteiger partial charge in [0.05, 0.1) is 38.2 Å². The van der Waals surface area contributed by atoms with Gasteiger partial charge in [0, 0.05) is 28.9 Å². The maximum Gasteiger partial charge on any atom is 0.295 e. The zero-order valence-electron chi connectivity index (χ0n) is 17.8. The molecule has 1 saturated heterocycles. The van der Waals surface area contributed by atoms with E-state index in [1.54, 1.807) is 12.1 Å². The van der Waals surface area contributed by atoms with Gasteiger partial charge in [-0.25, -0.2) is 4.98 Å². The highest BCUT2D eigenvalue weighted by Crippen LogP contribution is 2.34. The molecule has 4 rings (SSSR count). The zero-order chi connectivity index (χ0) is 22.7. The molecule has 11 heteroatoms. The number of nitrogens with one attached hydrogen (secondary N) is 1. The SMILES string of the molecule is COc1cnc(Cl)cc1-c1cc(C)ncc1C(=O)Nc1nnc(OC[C@@H]2CO[C@H](C)C2)s1. The van der Waals surface area contributed by atoms with E-state index in [1.165, 1.54) is 19.5 Å². The molecule has 1 amide bonds. The third-order valence-corrected chi connectivity index (χ3v) is 5.94. The number of methoxy groups -OCH3 is 1. The summed E-state index contributed by atoms with van der Waals surface area (Å²) in [5.41, 5.74) is 2.33. The number of rotatable bonds is 7. The van der Waals surface area contributed by atoms with Gasteiger partial charge in [-0.2, -0.15) is 0 Å². The number of aryl methyl sites for hydroxylation is 1. The summed E-state index contributed by atoms with van der Waals surface area (Å²) in [7, 11) is 1.53. The minimum Gasteiger partial charge on any atom is -0.494 e. The Bertz CT molecular complexity index is 1130. The van der Waals surface area contributed by atoms with Gasteiger partial charge in [-0.15, -0.1) is 5.10 Å². The van der Waals surface area contributed by atoms with Crippen molar-refractivity contribution in [1.82, 2.24) is 20.2 Å². The van der Waals surface area contributed by atoms with E-state index in [9.17, 15) is 4.79 Å². The number of nitrogens with zero attached hydrogens (tertiary/aromatic N) is 4. The predicted octanol–water partition coefficient (Wildman–Crippen LogP) is 4.02. The van der Waals surface area contributed by atoms with Gasteiger partial charge in [0.25, 0.3) is 11.1 Å². The quantitative estimate of drug-likeness (QED) is 0.510. The molecular formula is C21H22ClN5O4S. The molecule has 1 N–H and O–H groups in total. The van der Waals surface area contributed by atoms with Crippen LogP contribution in [0.25, 0.3) is 11.1 Å². The fourth-order valence-corrected chi connectivity index (χ4v) is 4.21. The third-order valence-electron chi connectivity index (χ3n) is 4.98. The van der Waals surface area contributed by atoms with Crippen LogP contribution < -0.4 is 14.8 Å². The van der Waals surface area contributed by atoms with Crippen LogP contribution in [0.15, 0.2) is 24.5 Å². The van der Waals surface area contributed by atoms with Crippen LogP contribution in [-0.2, 0) is 4.74 Å². The van der Waals surface area contributed by atoms with E-state index in [-0.39, 0.29) is 17.2 Å². The number of carbonyl (C=O) groups is 1. The van der Waals surface area contributed by atoms with Crippen molar-refractivity contribution < 1.29 is 19.0 Å². The second kappa shape index (κ2) is 9.76. The molecule has 168 valence electrons. The van der Waals surface area contributed by atoms with Gasteiger partial charge in [0.1, 0.15) is 10.9 Å². The van der Waals surface area contributed by atoms with Gasteiger partial charge in [0.15, 0.2) is 0 Å². The lowest BCUT2D eigenvalue weighted by Gasteiger charge is -2.13. The molecule has 0 spiro atoms. The number of pyridine rings is 2. The molecule has 0 aromatic carbocycles. The van der Waals surface area contributed by atoms with Gasteiger partial charge in [0.2, 0.25) is 5.13 Å². The highest BCUT2D eigenvalue weighted by Gasteiger charge is 2.23. The number of carbonyl (C=O) groups excluding carboxylic acids is 1. The number of halogens is 1. The monoisotopic (exact) mass is 475 g/mol. The summed E-state index contributed by atoms with van der Waals surface area (Å²) in [4.78, 5) is 21.4. The van der Waals surface area contributed by atoms with Crippen LogP contribution in [0.5, 0.6) is 10.9 Å². The van der Waals surface area contributed by atoms with Crippen LogP contribution in [0.1, 0.15) is 29.4 Å². The van der Waals surface area contributed by atoms with Gasteiger partial charge in [-0.3, -0.25) is 15.1 Å². The van der Waals surface area contributed by atoms with Crippen LogP contribution in [-0.4, -0.2) is 52.5 Å². The molecule has 0 unspecified atom stereocenters. The molecule has 1 fully saturated rings. The molecule has 0 saturated carbocycles. The molecule has 0 bridgehead atoms. The fourth-order valence-electron chi connectivity index (χ4n) is 3.45. The molecule has 1 aliphatic rings. The van der Waals surface area contributed by atoms with Crippen molar-refractivity contribution in [3.8, 4) is 22.1 Å². The Morgan fingerprint density at radius 1 is 1.28 bits per heavy atom. The second-order valence-electron chi connectivity index (χ2n) is 7.46. The summed E-state index contributed by atoms with van der Waals surface area (Å²) >= 11 is 7.25. The standard InChI is InChI=1S/C21H22ClN5O4S/c1-11-4-14(15-6-18(22)24-8-17(15)29-3)16(7-23-11)19(28)25-20-26-27-21(32-20)31-10-13-5-12(2)30-9-13/h4,6-8,12-13H,5,9-10H2,1-3H3,(H,25,26,28)/t12-,13+/m1/s1. The highest BCUT2D eigenvalue weighted by molar-refractivity contribution is 7.17. The smallest absolute Gasteiger partial charge is 0.295 e. The van der Waals surface area contributed by atoms with Crippen molar-refractivity contribution in [2.45, 2.75) is 26.4 Å². The van der Waals surface area contributed by atoms with E-state index in [0.717, 1.165) is 23.5 Å². The Morgan fingerprint density at radius 3 is 2.88 bits per heavy atom. The molecule has 9 nitrogen and oxygen atoms in total. The maximum atomic E-state index is 13.1. The lowest BCUT2D eigenvalue weighted by Crippen LogP contribution is -2.14. The molecule has 0 aliphatic carbocycles. The van der Waals surface area contributed by atoms with E-state index < -0.39 is 0 Å². The number of anilines is 1. The molecule has 2 atom stereocenters. The second-order valence-corrected chi connectivity index (χ2v) is 8.79. The lowest BCUT2D eigenvalue weighted by atomic mass is 10.0. The van der Waals surface area contributed by atoms with Gasteiger partial charge >= 0.3 is 0 Å². The van der Waals surface area contributed by atoms with Crippen molar-refractivity contribution in [3.05, 3.63) is 40.9 Å². The minimum absolute atomic E-state index is 0.249. The van der Waals surface area contributed by atoms with Crippen molar-refractivity contribution in [1.29, 1.82) is 0 Å². The van der Waals surface area contributed by atoms with Crippen LogP contribution in [0.2, 0.25) is 5.15 Å². The van der Waals surface area contributed by atoms with Crippen molar-refractivity contribution in [2.24, 2.45) is 5.92 Å². The molecule has 32 heavy (non-hydrogen) atoms. The number of amides is 1. The van der Waals surface area contributed by atoms with E-state index in [0.29, 0.717) is 51.9 Å².